The number of hydrogen-bond donors (Lipinski definition) is 1. The summed E-state index contributed by atoms with van der Waals surface area (Å²) in [7, 11) is 1.73. The molecule has 0 aromatic heterocycles. The van der Waals surface area contributed by atoms with Crippen molar-refractivity contribution in [2.24, 2.45) is 5.92 Å². The Bertz CT molecular complexity index is 763. The maximum atomic E-state index is 13.7. The van der Waals surface area contributed by atoms with E-state index in [-0.39, 0.29) is 36.1 Å². The molecule has 2 amide bonds. The van der Waals surface area contributed by atoms with Crippen LogP contribution >= 0.6 is 0 Å². The number of rotatable bonds is 4. The van der Waals surface area contributed by atoms with Crippen LogP contribution in [0.1, 0.15) is 30.0 Å². The van der Waals surface area contributed by atoms with Gasteiger partial charge in [0.05, 0.1) is 12.0 Å². The number of carbonyl (C=O) groups excluding carboxylic acids is 2. The summed E-state index contributed by atoms with van der Waals surface area (Å²) in [5.74, 6) is -0.807. The van der Waals surface area contributed by atoms with Crippen molar-refractivity contribution < 1.29 is 14.0 Å². The Balaban J connectivity index is 1.77. The molecule has 130 valence electrons. The van der Waals surface area contributed by atoms with Gasteiger partial charge in [0.15, 0.2) is 0 Å². The van der Waals surface area contributed by atoms with Gasteiger partial charge in [0, 0.05) is 25.6 Å². The van der Waals surface area contributed by atoms with Crippen LogP contribution in [0.5, 0.6) is 0 Å². The Hall–Kier alpha value is -2.69. The van der Waals surface area contributed by atoms with E-state index in [1.54, 1.807) is 30.1 Å². The lowest BCUT2D eigenvalue weighted by atomic mass is 9.84. The number of amides is 2. The van der Waals surface area contributed by atoms with Gasteiger partial charge in [0.2, 0.25) is 11.8 Å². The van der Waals surface area contributed by atoms with Crippen LogP contribution in [0.4, 0.5) is 4.39 Å². The molecule has 1 aliphatic heterocycles. The average molecular weight is 340 g/mol. The fraction of sp³-hybridized carbons (Fsp3) is 0.300. The maximum Gasteiger partial charge on any atom is 0.225 e. The highest BCUT2D eigenvalue weighted by Crippen LogP contribution is 2.35. The molecule has 1 fully saturated rings. The van der Waals surface area contributed by atoms with Crippen LogP contribution in [-0.2, 0) is 16.1 Å². The minimum absolute atomic E-state index is 0.0343. The van der Waals surface area contributed by atoms with Gasteiger partial charge in [-0.15, -0.1) is 0 Å². The Kier molecular flexibility index (Phi) is 5.12. The molecule has 2 aromatic carbocycles. The minimum Gasteiger partial charge on any atom is -0.352 e. The highest BCUT2D eigenvalue weighted by atomic mass is 19.1. The normalized spacial score (nSPS) is 20.4. The van der Waals surface area contributed by atoms with Crippen LogP contribution in [0.15, 0.2) is 54.6 Å². The second kappa shape index (κ2) is 7.47. The van der Waals surface area contributed by atoms with E-state index in [0.717, 1.165) is 5.56 Å². The summed E-state index contributed by atoms with van der Waals surface area (Å²) in [4.78, 5) is 26.5. The first-order valence-corrected chi connectivity index (χ1v) is 8.39. The van der Waals surface area contributed by atoms with E-state index in [1.165, 1.54) is 6.07 Å². The van der Waals surface area contributed by atoms with Crippen molar-refractivity contribution in [2.45, 2.75) is 25.4 Å². The third-order valence-corrected chi connectivity index (χ3v) is 4.75. The molecule has 25 heavy (non-hydrogen) atoms. The summed E-state index contributed by atoms with van der Waals surface area (Å²) in [6, 6.07) is 15.6. The summed E-state index contributed by atoms with van der Waals surface area (Å²) in [6.45, 7) is 0.140. The highest BCUT2D eigenvalue weighted by molar-refractivity contribution is 5.84. The first kappa shape index (κ1) is 17.1. The lowest BCUT2D eigenvalue weighted by Gasteiger charge is -2.38. The molecule has 1 aliphatic rings. The van der Waals surface area contributed by atoms with Crippen molar-refractivity contribution in [1.29, 1.82) is 0 Å². The fourth-order valence-corrected chi connectivity index (χ4v) is 3.37. The maximum absolute atomic E-state index is 13.7. The van der Waals surface area contributed by atoms with Crippen LogP contribution in [0.25, 0.3) is 0 Å². The first-order chi connectivity index (χ1) is 12.1. The van der Waals surface area contributed by atoms with Gasteiger partial charge in [0.25, 0.3) is 0 Å². The third kappa shape index (κ3) is 3.71. The number of likely N-dealkylation sites (tertiary alicyclic amines) is 1. The summed E-state index contributed by atoms with van der Waals surface area (Å²) in [5, 5.41) is 2.83. The van der Waals surface area contributed by atoms with Crippen molar-refractivity contribution in [3.8, 4) is 0 Å². The van der Waals surface area contributed by atoms with Gasteiger partial charge in [-0.2, -0.15) is 0 Å². The Labute approximate surface area is 146 Å². The molecule has 5 heteroatoms. The van der Waals surface area contributed by atoms with Gasteiger partial charge in [-0.05, 0) is 18.1 Å². The lowest BCUT2D eigenvalue weighted by molar-refractivity contribution is -0.141. The molecule has 0 bridgehead atoms. The summed E-state index contributed by atoms with van der Waals surface area (Å²) in [6.07, 6.45) is 0.837. The molecular weight excluding hydrogens is 319 g/mol. The predicted molar refractivity (Wildman–Crippen MR) is 92.9 cm³/mol. The van der Waals surface area contributed by atoms with Gasteiger partial charge in [-0.3, -0.25) is 9.59 Å². The van der Waals surface area contributed by atoms with Gasteiger partial charge >= 0.3 is 0 Å². The van der Waals surface area contributed by atoms with Crippen molar-refractivity contribution >= 4 is 11.8 Å². The molecule has 4 nitrogen and oxygen atoms in total. The van der Waals surface area contributed by atoms with Gasteiger partial charge < -0.3 is 10.2 Å². The zero-order chi connectivity index (χ0) is 17.8. The predicted octanol–water partition coefficient (Wildman–Crippen LogP) is 3.05. The van der Waals surface area contributed by atoms with E-state index in [0.29, 0.717) is 18.4 Å². The van der Waals surface area contributed by atoms with Crippen molar-refractivity contribution in [2.75, 3.05) is 7.05 Å². The monoisotopic (exact) mass is 340 g/mol. The van der Waals surface area contributed by atoms with Crippen molar-refractivity contribution in [1.82, 2.24) is 10.2 Å². The molecule has 0 saturated carbocycles. The topological polar surface area (TPSA) is 49.4 Å². The van der Waals surface area contributed by atoms with E-state index in [2.05, 4.69) is 5.32 Å². The van der Waals surface area contributed by atoms with Crippen LogP contribution in [0.3, 0.4) is 0 Å². The van der Waals surface area contributed by atoms with E-state index < -0.39 is 0 Å². The van der Waals surface area contributed by atoms with E-state index >= 15 is 0 Å². The number of piperidine rings is 1. The molecular formula is C20H21FN2O2. The van der Waals surface area contributed by atoms with Gasteiger partial charge in [0.1, 0.15) is 5.82 Å². The molecule has 0 aliphatic carbocycles. The highest BCUT2D eigenvalue weighted by Gasteiger charge is 2.38. The second-order valence-corrected chi connectivity index (χ2v) is 6.31. The van der Waals surface area contributed by atoms with Crippen LogP contribution in [0.2, 0.25) is 0 Å². The summed E-state index contributed by atoms with van der Waals surface area (Å²) >= 11 is 0. The zero-order valence-electron chi connectivity index (χ0n) is 14.1. The van der Waals surface area contributed by atoms with Crippen LogP contribution in [0, 0.1) is 11.7 Å². The summed E-state index contributed by atoms with van der Waals surface area (Å²) < 4.78 is 13.7. The molecule has 0 radical (unpaired) electrons. The molecule has 2 aromatic rings. The number of halogens is 1. The lowest BCUT2D eigenvalue weighted by Crippen LogP contribution is -2.46. The van der Waals surface area contributed by atoms with Crippen LogP contribution < -0.4 is 5.32 Å². The van der Waals surface area contributed by atoms with E-state index in [1.807, 2.05) is 30.3 Å². The first-order valence-electron chi connectivity index (χ1n) is 8.39. The molecule has 3 rings (SSSR count). The van der Waals surface area contributed by atoms with Gasteiger partial charge in [-0.25, -0.2) is 4.39 Å². The molecule has 1 N–H and O–H groups in total. The summed E-state index contributed by atoms with van der Waals surface area (Å²) in [5.41, 5.74) is 1.39. The average Bonchev–Trinajstić information content (AvgIpc) is 2.63. The van der Waals surface area contributed by atoms with Crippen molar-refractivity contribution in [3.63, 3.8) is 0 Å². The van der Waals surface area contributed by atoms with Gasteiger partial charge in [-0.1, -0.05) is 48.5 Å². The largest absolute Gasteiger partial charge is 0.352 e. The SMILES string of the molecule is CN1C(=O)CC[C@@H](C(=O)NCc2ccccc2F)[C@H]1c1ccccc1. The standard InChI is InChI=1S/C20H21FN2O2/c1-23-18(24)12-11-16(19(23)14-7-3-2-4-8-14)20(25)22-13-15-9-5-6-10-17(15)21/h2-10,16,19H,11-13H2,1H3,(H,22,25)/t16-,19-/m1/s1. The quantitative estimate of drug-likeness (QED) is 0.930. The Morgan fingerprint density at radius 3 is 2.56 bits per heavy atom. The Morgan fingerprint density at radius 2 is 1.84 bits per heavy atom. The molecule has 0 unspecified atom stereocenters. The Morgan fingerprint density at radius 1 is 1.16 bits per heavy atom. The number of hydrogen-bond acceptors (Lipinski definition) is 2. The molecule has 1 heterocycles. The molecule has 2 atom stereocenters. The minimum atomic E-state index is -0.350. The molecule has 0 spiro atoms. The fourth-order valence-electron chi connectivity index (χ4n) is 3.37. The number of benzene rings is 2. The van der Waals surface area contributed by atoms with E-state index in [9.17, 15) is 14.0 Å². The third-order valence-electron chi connectivity index (χ3n) is 4.75. The number of carbonyl (C=O) groups is 2. The smallest absolute Gasteiger partial charge is 0.225 e. The number of nitrogens with zero attached hydrogens (tertiary/aromatic N) is 1. The number of nitrogens with one attached hydrogen (secondary N) is 1. The molecule has 1 saturated heterocycles. The second-order valence-electron chi connectivity index (χ2n) is 6.31. The van der Waals surface area contributed by atoms with Crippen LogP contribution in [-0.4, -0.2) is 23.8 Å². The zero-order valence-corrected chi connectivity index (χ0v) is 14.1. The van der Waals surface area contributed by atoms with Crippen molar-refractivity contribution in [3.05, 3.63) is 71.5 Å². The van der Waals surface area contributed by atoms with E-state index in [4.69, 9.17) is 0 Å².